The third-order valence-corrected chi connectivity index (χ3v) is 6.74. The molecular weight excluding hydrogens is 467 g/mol. The van der Waals surface area contributed by atoms with Gasteiger partial charge in [0.25, 0.3) is 0 Å². The average molecular weight is 500 g/mol. The molecule has 36 heavy (non-hydrogen) atoms. The molecule has 0 saturated carbocycles. The number of hydrogen-bond acceptors (Lipinski definition) is 2. The van der Waals surface area contributed by atoms with Crippen molar-refractivity contribution in [3.05, 3.63) is 83.7 Å². The number of carboxylic acid groups (broad SMARTS) is 1. The Kier molecular flexibility index (Phi) is 7.45. The number of amides is 1. The van der Waals surface area contributed by atoms with Crippen molar-refractivity contribution < 1.29 is 23.1 Å². The van der Waals surface area contributed by atoms with Crippen LogP contribution in [0, 0.1) is 23.0 Å². The predicted octanol–water partition coefficient (Wildman–Crippen LogP) is 6.11. The van der Waals surface area contributed by atoms with E-state index in [9.17, 15) is 23.1 Å². The molecule has 3 atom stereocenters. The maximum Gasteiger partial charge on any atom is 0.407 e. The van der Waals surface area contributed by atoms with Crippen LogP contribution in [0.25, 0.3) is 11.1 Å². The zero-order chi connectivity index (χ0) is 26.0. The summed E-state index contributed by atoms with van der Waals surface area (Å²) >= 11 is 0. The van der Waals surface area contributed by atoms with Gasteiger partial charge in [0.1, 0.15) is 17.8 Å². The molecule has 0 radical (unpaired) electrons. The van der Waals surface area contributed by atoms with Gasteiger partial charge in [-0.1, -0.05) is 51.1 Å². The number of aromatic nitrogens is 1. The van der Waals surface area contributed by atoms with Crippen LogP contribution in [0.15, 0.2) is 60.8 Å². The van der Waals surface area contributed by atoms with Gasteiger partial charge in [0.15, 0.2) is 0 Å². The molecular formula is C28H32F3N3O2. The van der Waals surface area contributed by atoms with E-state index in [0.717, 1.165) is 28.3 Å². The molecule has 1 saturated heterocycles. The minimum Gasteiger partial charge on any atom is -0.465 e. The average Bonchev–Trinajstić information content (AvgIpc) is 3.39. The van der Waals surface area contributed by atoms with Gasteiger partial charge in [0.05, 0.1) is 12.6 Å². The van der Waals surface area contributed by atoms with Crippen molar-refractivity contribution in [1.82, 2.24) is 14.8 Å². The van der Waals surface area contributed by atoms with Crippen LogP contribution in [-0.4, -0.2) is 46.5 Å². The predicted molar refractivity (Wildman–Crippen MR) is 134 cm³/mol. The van der Waals surface area contributed by atoms with Crippen LogP contribution in [0.3, 0.4) is 0 Å². The Labute approximate surface area is 209 Å². The van der Waals surface area contributed by atoms with Gasteiger partial charge in [-0.25, -0.2) is 18.0 Å². The lowest BCUT2D eigenvalue weighted by Gasteiger charge is -2.34. The summed E-state index contributed by atoms with van der Waals surface area (Å²) in [7, 11) is 0. The van der Waals surface area contributed by atoms with E-state index in [2.05, 4.69) is 26.1 Å². The quantitative estimate of drug-likeness (QED) is 0.413. The fraction of sp³-hybridized carbons (Fsp3) is 0.393. The molecule has 192 valence electrons. The lowest BCUT2D eigenvalue weighted by molar-refractivity contribution is 0.152. The van der Waals surface area contributed by atoms with E-state index < -0.39 is 29.8 Å². The highest BCUT2D eigenvalue weighted by molar-refractivity contribution is 5.66. The summed E-state index contributed by atoms with van der Waals surface area (Å²) in [6.07, 6.45) is -0.548. The largest absolute Gasteiger partial charge is 0.465 e. The molecule has 1 amide bonds. The van der Waals surface area contributed by atoms with E-state index >= 15 is 0 Å². The number of rotatable bonds is 7. The van der Waals surface area contributed by atoms with Gasteiger partial charge in [-0.15, -0.1) is 0 Å². The molecule has 2 heterocycles. The first kappa shape index (κ1) is 25.8. The van der Waals surface area contributed by atoms with Crippen molar-refractivity contribution in [1.29, 1.82) is 0 Å². The van der Waals surface area contributed by atoms with Crippen LogP contribution in [0.5, 0.6) is 0 Å². The number of benzene rings is 2. The minimum atomic E-state index is -1.25. The molecule has 5 nitrogen and oxygen atoms in total. The van der Waals surface area contributed by atoms with E-state index in [1.807, 2.05) is 47.2 Å². The third kappa shape index (κ3) is 5.75. The first-order chi connectivity index (χ1) is 17.0. The van der Waals surface area contributed by atoms with E-state index in [1.165, 1.54) is 6.07 Å². The fourth-order valence-corrected chi connectivity index (χ4v) is 4.86. The van der Waals surface area contributed by atoms with Gasteiger partial charge >= 0.3 is 6.09 Å². The molecule has 0 bridgehead atoms. The zero-order valence-corrected chi connectivity index (χ0v) is 20.7. The molecule has 2 aromatic carbocycles. The van der Waals surface area contributed by atoms with Crippen LogP contribution >= 0.6 is 0 Å². The van der Waals surface area contributed by atoms with E-state index in [1.54, 1.807) is 0 Å². The van der Waals surface area contributed by atoms with Crippen molar-refractivity contribution in [2.24, 2.45) is 11.3 Å². The number of alkyl halides is 1. The lowest BCUT2D eigenvalue weighted by Crippen LogP contribution is -2.39. The van der Waals surface area contributed by atoms with E-state index in [0.29, 0.717) is 12.1 Å². The zero-order valence-electron chi connectivity index (χ0n) is 20.7. The highest BCUT2D eigenvalue weighted by atomic mass is 19.1. The summed E-state index contributed by atoms with van der Waals surface area (Å²) in [6, 6.07) is 14.8. The Balaban J connectivity index is 1.69. The topological polar surface area (TPSA) is 57.5 Å². The molecule has 0 spiro atoms. The molecule has 2 N–H and O–H groups in total. The molecule has 8 heteroatoms. The number of hydrogen-bond donors (Lipinski definition) is 2. The lowest BCUT2D eigenvalue weighted by atomic mass is 9.84. The first-order valence-electron chi connectivity index (χ1n) is 12.1. The van der Waals surface area contributed by atoms with E-state index in [-0.39, 0.29) is 36.7 Å². The maximum atomic E-state index is 14.7. The summed E-state index contributed by atoms with van der Waals surface area (Å²) in [4.78, 5) is 12.4. The summed E-state index contributed by atoms with van der Waals surface area (Å²) in [6.45, 7) is 6.96. The smallest absolute Gasteiger partial charge is 0.407 e. The van der Waals surface area contributed by atoms with Gasteiger partial charge in [-0.05, 0) is 35.2 Å². The van der Waals surface area contributed by atoms with Gasteiger partial charge < -0.3 is 19.9 Å². The molecule has 0 aliphatic carbocycles. The standard InChI is InChI=1S/C28H32F3N3O2/c1-28(2,3)26(32-13-20-16-34(27(35)36)17-24(20)31)25-11-19(22-12-21(29)9-10-23(22)30)15-33(25)14-18-7-5-4-6-8-18/h4-12,15,20,24,26,32H,13-14,16-17H2,1-3H3,(H,35,36)/t20-,24+,26?/m1/s1. The number of carbonyl (C=O) groups is 1. The van der Waals surface area contributed by atoms with Crippen LogP contribution in [0.1, 0.15) is 38.1 Å². The van der Waals surface area contributed by atoms with Crippen LogP contribution in [0.4, 0.5) is 18.0 Å². The molecule has 1 fully saturated rings. The number of nitrogens with zero attached hydrogens (tertiary/aromatic N) is 2. The second-order valence-electron chi connectivity index (χ2n) is 10.6. The fourth-order valence-electron chi connectivity index (χ4n) is 4.86. The number of likely N-dealkylation sites (tertiary alicyclic amines) is 1. The number of halogens is 3. The summed E-state index contributed by atoms with van der Waals surface area (Å²) in [5.74, 6) is -1.50. The van der Waals surface area contributed by atoms with Gasteiger partial charge in [0.2, 0.25) is 0 Å². The molecule has 3 aromatic rings. The first-order valence-corrected chi connectivity index (χ1v) is 12.1. The van der Waals surface area contributed by atoms with E-state index in [4.69, 9.17) is 0 Å². The Bertz CT molecular complexity index is 1210. The molecule has 1 aromatic heterocycles. The summed E-state index contributed by atoms with van der Waals surface area (Å²) in [5.41, 5.74) is 2.31. The summed E-state index contributed by atoms with van der Waals surface area (Å²) < 4.78 is 45.3. The second kappa shape index (κ2) is 10.4. The van der Waals surface area contributed by atoms with Crippen LogP contribution in [-0.2, 0) is 6.54 Å². The molecule has 1 unspecified atom stereocenters. The Hall–Kier alpha value is -3.26. The minimum absolute atomic E-state index is 0.130. The maximum absolute atomic E-state index is 14.7. The van der Waals surface area contributed by atoms with Gasteiger partial charge in [-0.3, -0.25) is 0 Å². The Morgan fingerprint density at radius 2 is 1.83 bits per heavy atom. The Morgan fingerprint density at radius 1 is 1.11 bits per heavy atom. The second-order valence-corrected chi connectivity index (χ2v) is 10.6. The van der Waals surface area contributed by atoms with Crippen molar-refractivity contribution >= 4 is 6.09 Å². The number of nitrogens with one attached hydrogen (secondary N) is 1. The van der Waals surface area contributed by atoms with Crippen molar-refractivity contribution in [2.45, 2.75) is 39.5 Å². The normalized spacial score (nSPS) is 19.0. The van der Waals surface area contributed by atoms with Crippen molar-refractivity contribution in [3.8, 4) is 11.1 Å². The van der Waals surface area contributed by atoms with Crippen molar-refractivity contribution in [3.63, 3.8) is 0 Å². The highest BCUT2D eigenvalue weighted by Gasteiger charge is 2.37. The molecule has 4 rings (SSSR count). The summed E-state index contributed by atoms with van der Waals surface area (Å²) in [5, 5.41) is 12.7. The monoisotopic (exact) mass is 499 g/mol. The van der Waals surface area contributed by atoms with Crippen molar-refractivity contribution in [2.75, 3.05) is 19.6 Å². The Morgan fingerprint density at radius 3 is 2.47 bits per heavy atom. The highest BCUT2D eigenvalue weighted by Crippen LogP contribution is 2.37. The van der Waals surface area contributed by atoms with Gasteiger partial charge in [0, 0.05) is 48.6 Å². The van der Waals surface area contributed by atoms with Crippen LogP contribution < -0.4 is 5.32 Å². The molecule has 1 aliphatic rings. The van der Waals surface area contributed by atoms with Gasteiger partial charge in [-0.2, -0.15) is 0 Å². The SMILES string of the molecule is CC(C)(C)C(NC[C@@H]1CN(C(=O)O)C[C@@H]1F)c1cc(-c2cc(F)ccc2F)cn1Cc1ccccc1. The third-order valence-electron chi connectivity index (χ3n) is 6.74. The van der Waals surface area contributed by atoms with Crippen LogP contribution in [0.2, 0.25) is 0 Å². The molecule has 1 aliphatic heterocycles.